The second-order valence-corrected chi connectivity index (χ2v) is 6.47. The number of carbonyl (C=O) groups excluding carboxylic acids is 2. The van der Waals surface area contributed by atoms with E-state index in [2.05, 4.69) is 0 Å². The number of carbonyl (C=O) groups is 2. The molecule has 2 aromatic carbocycles. The SMILES string of the molecule is CCCN1C(=O)C(=O)/C(=C(\O)c2ccc(OC)cc2OC)C1c1ccccc1. The summed E-state index contributed by atoms with van der Waals surface area (Å²) in [7, 11) is 3.00. The second kappa shape index (κ2) is 8.17. The van der Waals surface area contributed by atoms with Crippen LogP contribution in [0.4, 0.5) is 0 Å². The normalized spacial score (nSPS) is 18.4. The number of hydrogen-bond donors (Lipinski definition) is 1. The van der Waals surface area contributed by atoms with Gasteiger partial charge in [0.25, 0.3) is 11.7 Å². The largest absolute Gasteiger partial charge is 0.507 e. The molecule has 28 heavy (non-hydrogen) atoms. The smallest absolute Gasteiger partial charge is 0.295 e. The van der Waals surface area contributed by atoms with Gasteiger partial charge in [0.1, 0.15) is 17.3 Å². The number of Topliss-reactive ketones (excluding diaryl/α,β-unsaturated/α-hetero) is 1. The first-order valence-electron chi connectivity index (χ1n) is 9.09. The van der Waals surface area contributed by atoms with Crippen molar-refractivity contribution in [3.8, 4) is 11.5 Å². The number of methoxy groups -OCH3 is 2. The molecule has 0 bridgehead atoms. The zero-order valence-corrected chi connectivity index (χ0v) is 16.1. The molecule has 3 rings (SSSR count). The standard InChI is InChI=1S/C22H23NO5/c1-4-12-23-19(14-8-6-5-7-9-14)18(21(25)22(23)26)20(24)16-11-10-15(27-2)13-17(16)28-3/h5-11,13,19,24H,4,12H2,1-3H3/b20-18-. The average Bonchev–Trinajstić information content (AvgIpc) is 2.98. The Kier molecular flexibility index (Phi) is 5.68. The second-order valence-electron chi connectivity index (χ2n) is 6.47. The summed E-state index contributed by atoms with van der Waals surface area (Å²) >= 11 is 0. The number of aliphatic hydroxyl groups is 1. The van der Waals surface area contributed by atoms with Gasteiger partial charge >= 0.3 is 0 Å². The summed E-state index contributed by atoms with van der Waals surface area (Å²) in [6.45, 7) is 2.36. The number of aliphatic hydroxyl groups excluding tert-OH is 1. The molecule has 1 fully saturated rings. The van der Waals surface area contributed by atoms with E-state index >= 15 is 0 Å². The first-order valence-corrected chi connectivity index (χ1v) is 9.09. The van der Waals surface area contributed by atoms with Crippen LogP contribution in [-0.2, 0) is 9.59 Å². The Balaban J connectivity index is 2.21. The van der Waals surface area contributed by atoms with Gasteiger partial charge in [-0.05, 0) is 24.1 Å². The third-order valence-corrected chi connectivity index (χ3v) is 4.78. The van der Waals surface area contributed by atoms with E-state index < -0.39 is 17.7 Å². The Morgan fingerprint density at radius 1 is 1.07 bits per heavy atom. The molecule has 1 atom stereocenters. The summed E-state index contributed by atoms with van der Waals surface area (Å²) in [5.74, 6) is -0.655. The maximum Gasteiger partial charge on any atom is 0.295 e. The fraction of sp³-hybridized carbons (Fsp3) is 0.273. The van der Waals surface area contributed by atoms with Crippen LogP contribution in [0, 0.1) is 0 Å². The van der Waals surface area contributed by atoms with Gasteiger partial charge < -0.3 is 19.5 Å². The van der Waals surface area contributed by atoms with Gasteiger partial charge in [0.2, 0.25) is 0 Å². The van der Waals surface area contributed by atoms with Crippen LogP contribution in [0.25, 0.3) is 5.76 Å². The topological polar surface area (TPSA) is 76.1 Å². The first kappa shape index (κ1) is 19.5. The van der Waals surface area contributed by atoms with Crippen molar-refractivity contribution < 1.29 is 24.2 Å². The predicted octanol–water partition coefficient (Wildman–Crippen LogP) is 3.54. The minimum atomic E-state index is -0.697. The lowest BCUT2D eigenvalue weighted by molar-refractivity contribution is -0.139. The van der Waals surface area contributed by atoms with E-state index in [1.54, 1.807) is 18.2 Å². The van der Waals surface area contributed by atoms with Crippen LogP contribution in [0.1, 0.15) is 30.5 Å². The van der Waals surface area contributed by atoms with Gasteiger partial charge in [-0.15, -0.1) is 0 Å². The molecule has 0 spiro atoms. The Morgan fingerprint density at radius 3 is 2.39 bits per heavy atom. The molecule has 6 heteroatoms. The predicted molar refractivity (Wildman–Crippen MR) is 105 cm³/mol. The van der Waals surface area contributed by atoms with Crippen molar-refractivity contribution in [2.75, 3.05) is 20.8 Å². The van der Waals surface area contributed by atoms with Crippen molar-refractivity contribution in [2.45, 2.75) is 19.4 Å². The number of benzene rings is 2. The highest BCUT2D eigenvalue weighted by atomic mass is 16.5. The van der Waals surface area contributed by atoms with E-state index in [9.17, 15) is 14.7 Å². The van der Waals surface area contributed by atoms with E-state index in [1.165, 1.54) is 19.1 Å². The molecule has 1 N–H and O–H groups in total. The zero-order chi connectivity index (χ0) is 20.3. The molecule has 1 aliphatic heterocycles. The minimum absolute atomic E-state index is 0.0631. The summed E-state index contributed by atoms with van der Waals surface area (Å²) in [6, 6.07) is 13.5. The van der Waals surface area contributed by atoms with Crippen molar-refractivity contribution in [3.63, 3.8) is 0 Å². The monoisotopic (exact) mass is 381 g/mol. The van der Waals surface area contributed by atoms with Crippen molar-refractivity contribution in [1.82, 2.24) is 4.90 Å². The van der Waals surface area contributed by atoms with E-state index in [0.29, 0.717) is 30.0 Å². The third kappa shape index (κ3) is 3.33. The number of ether oxygens (including phenoxy) is 2. The molecule has 0 aromatic heterocycles. The Labute approximate surface area is 164 Å². The quantitative estimate of drug-likeness (QED) is 0.471. The third-order valence-electron chi connectivity index (χ3n) is 4.78. The molecule has 1 heterocycles. The van der Waals surface area contributed by atoms with E-state index in [-0.39, 0.29) is 11.3 Å². The van der Waals surface area contributed by atoms with E-state index in [0.717, 1.165) is 5.56 Å². The lowest BCUT2D eigenvalue weighted by Gasteiger charge is -2.25. The van der Waals surface area contributed by atoms with Crippen molar-refractivity contribution in [3.05, 3.63) is 65.2 Å². The van der Waals surface area contributed by atoms with Gasteiger partial charge in [-0.1, -0.05) is 37.3 Å². The van der Waals surface area contributed by atoms with Crippen molar-refractivity contribution >= 4 is 17.4 Å². The van der Waals surface area contributed by atoms with Crippen LogP contribution in [0.15, 0.2) is 54.1 Å². The summed E-state index contributed by atoms with van der Waals surface area (Å²) in [5.41, 5.74) is 1.16. The van der Waals surface area contributed by atoms with Crippen LogP contribution in [0.3, 0.4) is 0 Å². The molecule has 0 radical (unpaired) electrons. The molecular formula is C22H23NO5. The van der Waals surface area contributed by atoms with Crippen LogP contribution < -0.4 is 9.47 Å². The highest BCUT2D eigenvalue weighted by Gasteiger charge is 2.45. The van der Waals surface area contributed by atoms with Crippen molar-refractivity contribution in [2.24, 2.45) is 0 Å². The molecule has 2 aromatic rings. The molecular weight excluding hydrogens is 358 g/mol. The number of likely N-dealkylation sites (tertiary alicyclic amines) is 1. The van der Waals surface area contributed by atoms with Gasteiger partial charge in [0, 0.05) is 12.6 Å². The summed E-state index contributed by atoms with van der Waals surface area (Å²) in [6.07, 6.45) is 0.697. The zero-order valence-electron chi connectivity index (χ0n) is 16.1. The molecule has 0 aliphatic carbocycles. The van der Waals surface area contributed by atoms with Crippen LogP contribution in [-0.4, -0.2) is 42.5 Å². The molecule has 0 saturated carbocycles. The highest BCUT2D eigenvalue weighted by Crippen LogP contribution is 2.41. The Morgan fingerprint density at radius 2 is 1.79 bits per heavy atom. The molecule has 1 aliphatic rings. The lowest BCUT2D eigenvalue weighted by Crippen LogP contribution is -2.30. The van der Waals surface area contributed by atoms with Gasteiger partial charge in [0.15, 0.2) is 0 Å². The fourth-order valence-corrected chi connectivity index (χ4v) is 3.47. The van der Waals surface area contributed by atoms with Gasteiger partial charge in [-0.25, -0.2) is 0 Å². The summed E-state index contributed by atoms with van der Waals surface area (Å²) < 4.78 is 10.5. The first-order chi connectivity index (χ1) is 13.5. The van der Waals surface area contributed by atoms with Crippen LogP contribution in [0.2, 0.25) is 0 Å². The van der Waals surface area contributed by atoms with E-state index in [4.69, 9.17) is 9.47 Å². The maximum atomic E-state index is 12.8. The molecule has 1 saturated heterocycles. The van der Waals surface area contributed by atoms with Gasteiger partial charge in [-0.3, -0.25) is 9.59 Å². The number of hydrogen-bond acceptors (Lipinski definition) is 5. The maximum absolute atomic E-state index is 12.8. The summed E-state index contributed by atoms with van der Waals surface area (Å²) in [5, 5.41) is 11.1. The molecule has 146 valence electrons. The number of ketones is 1. The average molecular weight is 381 g/mol. The van der Waals surface area contributed by atoms with Gasteiger partial charge in [0.05, 0.1) is 31.4 Å². The van der Waals surface area contributed by atoms with Gasteiger partial charge in [-0.2, -0.15) is 0 Å². The number of rotatable bonds is 6. The fourth-order valence-electron chi connectivity index (χ4n) is 3.47. The Hall–Kier alpha value is -3.28. The summed E-state index contributed by atoms with van der Waals surface area (Å²) in [4.78, 5) is 27.0. The minimum Gasteiger partial charge on any atom is -0.507 e. The molecule has 6 nitrogen and oxygen atoms in total. The lowest BCUT2D eigenvalue weighted by atomic mass is 9.95. The van der Waals surface area contributed by atoms with Crippen LogP contribution in [0.5, 0.6) is 11.5 Å². The van der Waals surface area contributed by atoms with E-state index in [1.807, 2.05) is 37.3 Å². The highest BCUT2D eigenvalue weighted by molar-refractivity contribution is 6.46. The molecule has 1 amide bonds. The number of nitrogens with zero attached hydrogens (tertiary/aromatic N) is 1. The number of amides is 1. The van der Waals surface area contributed by atoms with Crippen LogP contribution >= 0.6 is 0 Å². The van der Waals surface area contributed by atoms with Crippen molar-refractivity contribution in [1.29, 1.82) is 0 Å². The molecule has 1 unspecified atom stereocenters. The Bertz CT molecular complexity index is 920.